The largest absolute Gasteiger partial charge is 0.466 e. The molecule has 0 spiro atoms. The molecule has 0 bridgehead atoms. The van der Waals surface area contributed by atoms with Crippen LogP contribution in [-0.2, 0) is 9.53 Å². The van der Waals surface area contributed by atoms with Crippen molar-refractivity contribution in [2.75, 3.05) is 6.61 Å². The van der Waals surface area contributed by atoms with Crippen molar-refractivity contribution in [3.05, 3.63) is 35.1 Å². The van der Waals surface area contributed by atoms with Crippen molar-refractivity contribution in [3.63, 3.8) is 0 Å². The Kier molecular flexibility index (Phi) is 4.85. The lowest BCUT2D eigenvalue weighted by Gasteiger charge is -2.19. The first-order valence-electron chi connectivity index (χ1n) is 5.86. The maximum atomic E-state index is 13.4. The Hall–Kier alpha value is -1.89. The van der Waals surface area contributed by atoms with Gasteiger partial charge in [0.15, 0.2) is 0 Å². The zero-order valence-corrected chi connectivity index (χ0v) is 10.7. The predicted octanol–water partition coefficient (Wildman–Crippen LogP) is 3.00. The fraction of sp³-hybridized carbons (Fsp3) is 0.429. The van der Waals surface area contributed by atoms with Crippen LogP contribution >= 0.6 is 0 Å². The van der Waals surface area contributed by atoms with Crippen molar-refractivity contribution in [3.8, 4) is 6.07 Å². The summed E-state index contributed by atoms with van der Waals surface area (Å²) in [6.07, 6.45) is 0. The van der Waals surface area contributed by atoms with Crippen LogP contribution in [0.2, 0.25) is 0 Å². The molecule has 1 atom stereocenters. The molecule has 96 valence electrons. The predicted molar refractivity (Wildman–Crippen MR) is 65.3 cm³/mol. The monoisotopic (exact) mass is 249 g/mol. The summed E-state index contributed by atoms with van der Waals surface area (Å²) in [6, 6.07) is 5.84. The molecule has 0 aromatic heterocycles. The zero-order chi connectivity index (χ0) is 13.7. The topological polar surface area (TPSA) is 50.1 Å². The number of hydrogen-bond donors (Lipinski definition) is 0. The summed E-state index contributed by atoms with van der Waals surface area (Å²) in [5, 5.41) is 8.82. The molecule has 0 aliphatic carbocycles. The lowest BCUT2D eigenvalue weighted by atomic mass is 9.87. The average Bonchev–Trinajstić information content (AvgIpc) is 2.28. The Balaban J connectivity index is 3.18. The zero-order valence-electron chi connectivity index (χ0n) is 10.7. The minimum Gasteiger partial charge on any atom is -0.466 e. The van der Waals surface area contributed by atoms with Gasteiger partial charge >= 0.3 is 5.97 Å². The first-order chi connectivity index (χ1) is 8.49. The minimum absolute atomic E-state index is 0.0302. The second-order valence-corrected chi connectivity index (χ2v) is 4.36. The maximum Gasteiger partial charge on any atom is 0.313 e. The van der Waals surface area contributed by atoms with Crippen molar-refractivity contribution in [1.29, 1.82) is 5.26 Å². The molecule has 1 aromatic carbocycles. The van der Waals surface area contributed by atoms with E-state index in [1.165, 1.54) is 12.1 Å². The van der Waals surface area contributed by atoms with Gasteiger partial charge in [0, 0.05) is 0 Å². The van der Waals surface area contributed by atoms with E-state index >= 15 is 0 Å². The highest BCUT2D eigenvalue weighted by Crippen LogP contribution is 2.27. The molecule has 0 radical (unpaired) electrons. The molecule has 0 saturated carbocycles. The number of halogens is 1. The van der Waals surface area contributed by atoms with Crippen LogP contribution in [0.5, 0.6) is 0 Å². The van der Waals surface area contributed by atoms with Gasteiger partial charge < -0.3 is 4.74 Å². The summed E-state index contributed by atoms with van der Waals surface area (Å²) < 4.78 is 18.4. The van der Waals surface area contributed by atoms with Crippen LogP contribution in [0.1, 0.15) is 37.8 Å². The molecule has 3 nitrogen and oxygen atoms in total. The van der Waals surface area contributed by atoms with E-state index in [0.29, 0.717) is 5.56 Å². The van der Waals surface area contributed by atoms with E-state index < -0.39 is 11.7 Å². The second-order valence-electron chi connectivity index (χ2n) is 4.36. The van der Waals surface area contributed by atoms with Gasteiger partial charge in [0.1, 0.15) is 5.82 Å². The molecule has 0 fully saturated rings. The van der Waals surface area contributed by atoms with Crippen molar-refractivity contribution < 1.29 is 13.9 Å². The normalized spacial score (nSPS) is 12.0. The average molecular weight is 249 g/mol. The summed E-state index contributed by atoms with van der Waals surface area (Å²) in [7, 11) is 0. The molecule has 1 unspecified atom stereocenters. The molecule has 0 heterocycles. The van der Waals surface area contributed by atoms with Crippen LogP contribution in [0.15, 0.2) is 18.2 Å². The Labute approximate surface area is 106 Å². The van der Waals surface area contributed by atoms with E-state index in [1.54, 1.807) is 6.92 Å². The van der Waals surface area contributed by atoms with Crippen molar-refractivity contribution in [2.45, 2.75) is 26.7 Å². The number of hydrogen-bond acceptors (Lipinski definition) is 3. The first-order valence-corrected chi connectivity index (χ1v) is 5.86. The van der Waals surface area contributed by atoms with Crippen LogP contribution in [0.3, 0.4) is 0 Å². The van der Waals surface area contributed by atoms with Gasteiger partial charge in [-0.1, -0.05) is 13.8 Å². The number of carbonyl (C=O) groups is 1. The van der Waals surface area contributed by atoms with Crippen LogP contribution in [0, 0.1) is 23.1 Å². The third kappa shape index (κ3) is 3.30. The molecule has 4 heteroatoms. The highest BCUT2D eigenvalue weighted by molar-refractivity contribution is 5.78. The smallest absolute Gasteiger partial charge is 0.313 e. The molecule has 18 heavy (non-hydrogen) atoms. The number of ether oxygens (including phenoxy) is 1. The maximum absolute atomic E-state index is 13.4. The third-order valence-electron chi connectivity index (χ3n) is 2.62. The summed E-state index contributed by atoms with van der Waals surface area (Å²) in [5.41, 5.74) is 0.694. The Morgan fingerprint density at radius 1 is 1.44 bits per heavy atom. The summed E-state index contributed by atoms with van der Waals surface area (Å²) >= 11 is 0. The molecule has 0 aliphatic heterocycles. The number of nitrogens with zero attached hydrogens (tertiary/aromatic N) is 1. The van der Waals surface area contributed by atoms with E-state index in [4.69, 9.17) is 10.00 Å². The molecule has 0 saturated heterocycles. The number of carbonyl (C=O) groups excluding carboxylic acids is 1. The molecular weight excluding hydrogens is 233 g/mol. The van der Waals surface area contributed by atoms with Gasteiger partial charge in [-0.05, 0) is 36.6 Å². The Morgan fingerprint density at radius 3 is 2.61 bits per heavy atom. The quantitative estimate of drug-likeness (QED) is 0.771. The minimum atomic E-state index is -0.548. The highest BCUT2D eigenvalue weighted by atomic mass is 19.1. The highest BCUT2D eigenvalue weighted by Gasteiger charge is 2.26. The van der Waals surface area contributed by atoms with Gasteiger partial charge in [-0.3, -0.25) is 4.79 Å². The molecule has 0 aliphatic rings. The number of rotatable bonds is 4. The third-order valence-corrected chi connectivity index (χ3v) is 2.62. The number of esters is 1. The summed E-state index contributed by atoms with van der Waals surface area (Å²) in [6.45, 7) is 5.72. The summed E-state index contributed by atoms with van der Waals surface area (Å²) in [5.74, 6) is -1.48. The van der Waals surface area contributed by atoms with Gasteiger partial charge in [0.05, 0.1) is 24.2 Å². The molecule has 0 N–H and O–H groups in total. The second kappa shape index (κ2) is 6.15. The summed E-state index contributed by atoms with van der Waals surface area (Å²) in [4.78, 5) is 11.9. The molecular formula is C14H16FNO2. The molecule has 1 aromatic rings. The van der Waals surface area contributed by atoms with E-state index in [2.05, 4.69) is 0 Å². The Bertz CT molecular complexity index is 477. The fourth-order valence-electron chi connectivity index (χ4n) is 1.88. The van der Waals surface area contributed by atoms with E-state index in [0.717, 1.165) is 6.07 Å². The van der Waals surface area contributed by atoms with Gasteiger partial charge in [0.2, 0.25) is 0 Å². The molecule has 0 amide bonds. The van der Waals surface area contributed by atoms with Crippen LogP contribution < -0.4 is 0 Å². The van der Waals surface area contributed by atoms with Crippen molar-refractivity contribution in [1.82, 2.24) is 0 Å². The lowest BCUT2D eigenvalue weighted by molar-refractivity contribution is -0.146. The SMILES string of the molecule is CCOC(=O)C(c1cc(F)cc(C#N)c1)C(C)C. The van der Waals surface area contributed by atoms with E-state index in [-0.39, 0.29) is 24.1 Å². The van der Waals surface area contributed by atoms with Crippen LogP contribution in [-0.4, -0.2) is 12.6 Å². The fourth-order valence-corrected chi connectivity index (χ4v) is 1.88. The van der Waals surface area contributed by atoms with Crippen molar-refractivity contribution >= 4 is 5.97 Å². The van der Waals surface area contributed by atoms with Gasteiger partial charge in [-0.2, -0.15) is 5.26 Å². The van der Waals surface area contributed by atoms with Crippen LogP contribution in [0.4, 0.5) is 4.39 Å². The lowest BCUT2D eigenvalue weighted by Crippen LogP contribution is -2.21. The Morgan fingerprint density at radius 2 is 2.11 bits per heavy atom. The number of nitriles is 1. The molecule has 1 rings (SSSR count). The van der Waals surface area contributed by atoms with Gasteiger partial charge in [-0.25, -0.2) is 4.39 Å². The van der Waals surface area contributed by atoms with Crippen molar-refractivity contribution in [2.24, 2.45) is 5.92 Å². The number of benzene rings is 1. The van der Waals surface area contributed by atoms with E-state index in [1.807, 2.05) is 19.9 Å². The van der Waals surface area contributed by atoms with Gasteiger partial charge in [0.25, 0.3) is 0 Å². The van der Waals surface area contributed by atoms with Gasteiger partial charge in [-0.15, -0.1) is 0 Å². The standard InChI is InChI=1S/C14H16FNO2/c1-4-18-14(17)13(9(2)3)11-5-10(8-16)6-12(15)7-11/h5-7,9,13H,4H2,1-3H3. The first kappa shape index (κ1) is 14.2. The van der Waals surface area contributed by atoms with Crippen LogP contribution in [0.25, 0.3) is 0 Å². The van der Waals surface area contributed by atoms with E-state index in [9.17, 15) is 9.18 Å².